The number of nitrogens with two attached hydrogens (primary N) is 1. The molecule has 0 aliphatic carbocycles. The van der Waals surface area contributed by atoms with Gasteiger partial charge in [0.05, 0.1) is 8.93 Å². The molecular weight excluding hydrogens is 331 g/mol. The topological polar surface area (TPSA) is 38.0 Å². The van der Waals surface area contributed by atoms with E-state index in [1.165, 1.54) is 19.6 Å². The van der Waals surface area contributed by atoms with E-state index in [9.17, 15) is 0 Å². The maximum atomic E-state index is 5.64. The van der Waals surface area contributed by atoms with E-state index in [2.05, 4.69) is 70.7 Å². The largest absolute Gasteiger partial charge is 0.271 e. The first-order valence-electron chi connectivity index (χ1n) is 4.97. The van der Waals surface area contributed by atoms with Gasteiger partial charge in [-0.2, -0.15) is 0 Å². The predicted molar refractivity (Wildman–Crippen MR) is 77.4 cm³/mol. The van der Waals surface area contributed by atoms with Gasteiger partial charge < -0.3 is 0 Å². The molecule has 3 N–H and O–H groups in total. The molecule has 0 aliphatic rings. The first-order chi connectivity index (χ1) is 7.70. The lowest BCUT2D eigenvalue weighted by molar-refractivity contribution is 0.638. The van der Waals surface area contributed by atoms with Crippen LogP contribution >= 0.6 is 33.9 Å². The molecule has 1 heterocycles. The summed E-state index contributed by atoms with van der Waals surface area (Å²) in [6.45, 7) is 2.09. The number of rotatable bonds is 3. The molecule has 2 nitrogen and oxygen atoms in total. The molecule has 0 amide bonds. The standard InChI is InChI=1S/C12H13IN2S/c1-8-2-4-9(5-3-8)12(15-14)10-6-11(13)16-7-10/h2-7,12,15H,14H2,1H3. The zero-order valence-electron chi connectivity index (χ0n) is 8.91. The summed E-state index contributed by atoms with van der Waals surface area (Å²) in [4.78, 5) is 0. The first kappa shape index (κ1) is 12.0. The van der Waals surface area contributed by atoms with Crippen molar-refractivity contribution in [1.82, 2.24) is 5.43 Å². The van der Waals surface area contributed by atoms with Crippen LogP contribution in [0.4, 0.5) is 0 Å². The average molecular weight is 344 g/mol. The minimum atomic E-state index is 0.0837. The Labute approximate surface area is 113 Å². The summed E-state index contributed by atoms with van der Waals surface area (Å²) in [7, 11) is 0. The zero-order valence-corrected chi connectivity index (χ0v) is 11.9. The van der Waals surface area contributed by atoms with Crippen molar-refractivity contribution in [3.8, 4) is 0 Å². The van der Waals surface area contributed by atoms with Crippen molar-refractivity contribution in [2.45, 2.75) is 13.0 Å². The highest BCUT2D eigenvalue weighted by Gasteiger charge is 2.13. The van der Waals surface area contributed by atoms with E-state index < -0.39 is 0 Å². The Morgan fingerprint density at radius 1 is 1.25 bits per heavy atom. The molecule has 2 aromatic rings. The van der Waals surface area contributed by atoms with Gasteiger partial charge in [0.25, 0.3) is 0 Å². The molecule has 0 saturated carbocycles. The number of nitrogens with one attached hydrogen (secondary N) is 1. The molecule has 0 spiro atoms. The summed E-state index contributed by atoms with van der Waals surface area (Å²) in [6, 6.07) is 10.7. The zero-order chi connectivity index (χ0) is 11.5. The molecule has 1 unspecified atom stereocenters. The third-order valence-electron chi connectivity index (χ3n) is 2.50. The summed E-state index contributed by atoms with van der Waals surface area (Å²) < 4.78 is 1.28. The summed E-state index contributed by atoms with van der Waals surface area (Å²) in [5.74, 6) is 5.64. The number of benzene rings is 1. The normalized spacial score (nSPS) is 12.7. The van der Waals surface area contributed by atoms with Gasteiger partial charge in [0.2, 0.25) is 0 Å². The Balaban J connectivity index is 2.32. The van der Waals surface area contributed by atoms with Crippen LogP contribution < -0.4 is 11.3 Å². The Morgan fingerprint density at radius 3 is 2.44 bits per heavy atom. The van der Waals surface area contributed by atoms with E-state index in [-0.39, 0.29) is 6.04 Å². The Morgan fingerprint density at radius 2 is 1.94 bits per heavy atom. The van der Waals surface area contributed by atoms with Crippen molar-refractivity contribution >= 4 is 33.9 Å². The second kappa shape index (κ2) is 5.27. The number of hydrogen-bond acceptors (Lipinski definition) is 3. The molecule has 0 aliphatic heterocycles. The van der Waals surface area contributed by atoms with E-state index in [0.717, 1.165) is 0 Å². The second-order valence-electron chi connectivity index (χ2n) is 3.69. The van der Waals surface area contributed by atoms with Gasteiger partial charge in [-0.1, -0.05) is 29.8 Å². The lowest BCUT2D eigenvalue weighted by atomic mass is 10.0. The van der Waals surface area contributed by atoms with Crippen LogP contribution in [0.15, 0.2) is 35.7 Å². The minimum absolute atomic E-state index is 0.0837. The highest BCUT2D eigenvalue weighted by molar-refractivity contribution is 14.1. The van der Waals surface area contributed by atoms with Crippen molar-refractivity contribution in [2.75, 3.05) is 0 Å². The molecule has 1 aromatic heterocycles. The molecule has 0 bridgehead atoms. The number of halogens is 1. The van der Waals surface area contributed by atoms with Gasteiger partial charge in [-0.3, -0.25) is 5.84 Å². The Hall–Kier alpha value is -0.430. The van der Waals surface area contributed by atoms with Gasteiger partial charge in [0, 0.05) is 0 Å². The van der Waals surface area contributed by atoms with Crippen molar-refractivity contribution in [2.24, 2.45) is 5.84 Å². The maximum absolute atomic E-state index is 5.64. The van der Waals surface area contributed by atoms with Crippen LogP contribution in [-0.4, -0.2) is 0 Å². The third-order valence-corrected chi connectivity index (χ3v) is 4.31. The first-order valence-corrected chi connectivity index (χ1v) is 6.93. The van der Waals surface area contributed by atoms with Crippen LogP contribution in [0, 0.1) is 9.81 Å². The molecule has 0 saturated heterocycles. The molecule has 1 atom stereocenters. The minimum Gasteiger partial charge on any atom is -0.271 e. The van der Waals surface area contributed by atoms with Crippen LogP contribution in [0.3, 0.4) is 0 Å². The lowest BCUT2D eigenvalue weighted by Gasteiger charge is -2.15. The van der Waals surface area contributed by atoms with Crippen LogP contribution in [0.2, 0.25) is 0 Å². The third kappa shape index (κ3) is 2.63. The van der Waals surface area contributed by atoms with Crippen molar-refractivity contribution in [3.05, 3.63) is 55.3 Å². The summed E-state index contributed by atoms with van der Waals surface area (Å²) in [5, 5.41) is 2.14. The van der Waals surface area contributed by atoms with E-state index in [1.54, 1.807) is 11.3 Å². The van der Waals surface area contributed by atoms with Gasteiger partial charge in [-0.05, 0) is 52.1 Å². The SMILES string of the molecule is Cc1ccc(C(NN)c2csc(I)c2)cc1. The highest BCUT2D eigenvalue weighted by Crippen LogP contribution is 2.26. The van der Waals surface area contributed by atoms with Crippen LogP contribution in [-0.2, 0) is 0 Å². The molecule has 2 rings (SSSR count). The second-order valence-corrected chi connectivity index (χ2v) is 6.50. The van der Waals surface area contributed by atoms with Crippen LogP contribution in [0.1, 0.15) is 22.7 Å². The summed E-state index contributed by atoms with van der Waals surface area (Å²) >= 11 is 4.06. The van der Waals surface area contributed by atoms with E-state index in [0.29, 0.717) is 0 Å². The van der Waals surface area contributed by atoms with Gasteiger partial charge in [-0.25, -0.2) is 5.43 Å². The maximum Gasteiger partial charge on any atom is 0.0718 e. The molecular formula is C12H13IN2S. The molecule has 16 heavy (non-hydrogen) atoms. The summed E-state index contributed by atoms with van der Waals surface area (Å²) in [6.07, 6.45) is 0. The fraction of sp³-hybridized carbons (Fsp3) is 0.167. The molecule has 1 aromatic carbocycles. The van der Waals surface area contributed by atoms with Crippen molar-refractivity contribution in [1.29, 1.82) is 0 Å². The number of hydrazine groups is 1. The number of hydrogen-bond donors (Lipinski definition) is 2. The van der Waals surface area contributed by atoms with Crippen molar-refractivity contribution in [3.63, 3.8) is 0 Å². The van der Waals surface area contributed by atoms with Crippen molar-refractivity contribution < 1.29 is 0 Å². The van der Waals surface area contributed by atoms with Crippen LogP contribution in [0.25, 0.3) is 0 Å². The lowest BCUT2D eigenvalue weighted by Crippen LogP contribution is -2.28. The Kier molecular flexibility index (Phi) is 3.96. The smallest absolute Gasteiger partial charge is 0.0718 e. The van der Waals surface area contributed by atoms with Gasteiger partial charge in [0.1, 0.15) is 0 Å². The molecule has 4 heteroatoms. The van der Waals surface area contributed by atoms with E-state index in [1.807, 2.05) is 0 Å². The fourth-order valence-corrected chi connectivity index (χ4v) is 3.02. The number of thiophene rings is 1. The molecule has 84 valence electrons. The number of aryl methyl sites for hydroxylation is 1. The van der Waals surface area contributed by atoms with Gasteiger partial charge in [-0.15, -0.1) is 11.3 Å². The molecule has 0 fully saturated rings. The van der Waals surface area contributed by atoms with Gasteiger partial charge in [0.15, 0.2) is 0 Å². The molecule has 0 radical (unpaired) electrons. The van der Waals surface area contributed by atoms with Gasteiger partial charge >= 0.3 is 0 Å². The average Bonchev–Trinajstić information content (AvgIpc) is 2.69. The van der Waals surface area contributed by atoms with E-state index in [4.69, 9.17) is 5.84 Å². The summed E-state index contributed by atoms with van der Waals surface area (Å²) in [5.41, 5.74) is 6.55. The van der Waals surface area contributed by atoms with E-state index >= 15 is 0 Å². The Bertz CT molecular complexity index is 464. The quantitative estimate of drug-likeness (QED) is 0.510. The predicted octanol–water partition coefficient (Wildman–Crippen LogP) is 3.21. The fourth-order valence-electron chi connectivity index (χ4n) is 1.62. The highest BCUT2D eigenvalue weighted by atomic mass is 127. The monoisotopic (exact) mass is 344 g/mol. The van der Waals surface area contributed by atoms with Crippen LogP contribution in [0.5, 0.6) is 0 Å².